The van der Waals surface area contributed by atoms with Crippen LogP contribution in [-0.2, 0) is 17.3 Å². The van der Waals surface area contributed by atoms with Crippen LogP contribution in [0, 0.1) is 19.3 Å². The molecule has 0 unspecified atom stereocenters. The first-order chi connectivity index (χ1) is 38.9. The van der Waals surface area contributed by atoms with Crippen LogP contribution in [0.25, 0.3) is 133 Å². The largest absolute Gasteiger partial charge is 0.0759 e. The maximum atomic E-state index is 2.51. The topological polar surface area (TPSA) is 0 Å². The van der Waals surface area contributed by atoms with Crippen molar-refractivity contribution in [1.29, 1.82) is 0 Å². The molecule has 0 atom stereocenters. The summed E-state index contributed by atoms with van der Waals surface area (Å²) in [5.74, 6) is 0. The molecule has 0 heterocycles. The quantitative estimate of drug-likeness (QED) is 0.146. The van der Waals surface area contributed by atoms with E-state index in [0.29, 0.717) is 0 Å². The van der Waals surface area contributed by atoms with Gasteiger partial charge in [0.25, 0.3) is 0 Å². The SMILES string of the molecule is Cc1cc(-c2ccc(-c3ccc4c(c3)C(C)(C)c3cc(-c5ccc(-c6ccc(-c7ccc(-c8cc(C)c9ccc%10cc(C(C)(C)C)cc%11ccc8c9c%10%11)cc7)cc6)cc5)ccc3-4)cc2)c2ccc3c4c2c1CC=C4CC(C(C)(C)C)=C3. The van der Waals surface area contributed by atoms with E-state index in [1.54, 1.807) is 0 Å². The van der Waals surface area contributed by atoms with E-state index in [-0.39, 0.29) is 16.2 Å². The number of allylic oxidation sites excluding steroid dienone is 3. The molecular weight excluding hydrogens is 973 g/mol. The van der Waals surface area contributed by atoms with Gasteiger partial charge in [-0.25, -0.2) is 0 Å². The molecule has 0 bridgehead atoms. The van der Waals surface area contributed by atoms with Gasteiger partial charge in [0.05, 0.1) is 0 Å². The molecule has 0 saturated carbocycles. The standard InChI is InChI=1S/C81H68/c1-47-39-71(69-37-31-61-43-63(79(3,4)5)41-59-29-33-65(47)77(69)75(59)61)55-23-19-52(20-24-55)50-13-11-49(12-14-50)51-15-17-53(18-16-51)57-27-35-67-68-36-28-58(46-74(68)81(9,10)73(67)45-57)54-21-25-56(26-22-54)72-40-48(2)66-34-30-60-42-64(80(6,7)8)44-62-32-38-70(72)78(66)76(60)62/h11-33,35-41,43-46H,34,42H2,1-10H3. The van der Waals surface area contributed by atoms with Gasteiger partial charge in [0.2, 0.25) is 0 Å². The Kier molecular flexibility index (Phi) is 10.8. The van der Waals surface area contributed by atoms with Gasteiger partial charge in [-0.2, -0.15) is 0 Å². The second-order valence-corrected chi connectivity index (χ2v) is 26.5. The molecule has 0 nitrogen and oxygen atoms in total. The minimum atomic E-state index is -0.142. The number of hydrogen-bond acceptors (Lipinski definition) is 0. The van der Waals surface area contributed by atoms with Crippen molar-refractivity contribution in [3.63, 3.8) is 0 Å². The highest BCUT2D eigenvalue weighted by Crippen LogP contribution is 2.52. The van der Waals surface area contributed by atoms with E-state index in [2.05, 4.69) is 276 Å². The third-order valence-corrected chi connectivity index (χ3v) is 19.2. The Morgan fingerprint density at radius 1 is 0.370 bits per heavy atom. The van der Waals surface area contributed by atoms with Crippen molar-refractivity contribution < 1.29 is 0 Å². The van der Waals surface area contributed by atoms with Gasteiger partial charge < -0.3 is 0 Å². The highest BCUT2D eigenvalue weighted by Gasteiger charge is 2.36. The molecule has 81 heavy (non-hydrogen) atoms. The summed E-state index contributed by atoms with van der Waals surface area (Å²) >= 11 is 0. The van der Waals surface area contributed by atoms with Crippen molar-refractivity contribution in [1.82, 2.24) is 0 Å². The Balaban J connectivity index is 0.656. The molecule has 3 aliphatic rings. The van der Waals surface area contributed by atoms with Crippen LogP contribution in [-0.4, -0.2) is 0 Å². The minimum absolute atomic E-state index is 0.0935. The van der Waals surface area contributed by atoms with Gasteiger partial charge in [-0.15, -0.1) is 0 Å². The molecule has 0 heteroatoms. The molecule has 0 spiro atoms. The Bertz CT molecular complexity index is 4650. The Labute approximate surface area is 478 Å². The number of rotatable bonds is 6. The van der Waals surface area contributed by atoms with Crippen molar-refractivity contribution in [2.24, 2.45) is 5.41 Å². The highest BCUT2D eigenvalue weighted by atomic mass is 14.4. The van der Waals surface area contributed by atoms with Crippen LogP contribution in [0.4, 0.5) is 0 Å². The van der Waals surface area contributed by atoms with Gasteiger partial charge in [-0.05, 0) is 221 Å². The van der Waals surface area contributed by atoms with E-state index in [9.17, 15) is 0 Å². The lowest BCUT2D eigenvalue weighted by atomic mass is 9.72. The molecule has 0 aliphatic heterocycles. The molecule has 0 amide bonds. The molecule has 12 aromatic carbocycles. The fourth-order valence-corrected chi connectivity index (χ4v) is 14.4. The fourth-order valence-electron chi connectivity index (χ4n) is 14.4. The van der Waals surface area contributed by atoms with Crippen LogP contribution in [0.15, 0.2) is 206 Å². The smallest absolute Gasteiger partial charge is 0.0159 e. The number of fused-ring (bicyclic) bond motifs is 3. The van der Waals surface area contributed by atoms with Crippen LogP contribution >= 0.6 is 0 Å². The second kappa shape index (κ2) is 17.7. The Morgan fingerprint density at radius 2 is 0.802 bits per heavy atom. The Hall–Kier alpha value is -8.58. The number of benzene rings is 12. The third-order valence-electron chi connectivity index (χ3n) is 19.2. The summed E-state index contributed by atoms with van der Waals surface area (Å²) in [6.45, 7) is 23.3. The summed E-state index contributed by atoms with van der Waals surface area (Å²) in [6, 6.07) is 74.7. The van der Waals surface area contributed by atoms with Crippen molar-refractivity contribution >= 4 is 54.7 Å². The van der Waals surface area contributed by atoms with Gasteiger partial charge in [0.1, 0.15) is 0 Å². The number of aryl methyl sites for hydroxylation is 2. The van der Waals surface area contributed by atoms with E-state index in [1.807, 2.05) is 0 Å². The molecule has 0 saturated heterocycles. The van der Waals surface area contributed by atoms with Gasteiger partial charge >= 0.3 is 0 Å². The average Bonchev–Trinajstić information content (AvgIpc) is 3.41. The zero-order valence-corrected chi connectivity index (χ0v) is 48.5. The van der Waals surface area contributed by atoms with Crippen LogP contribution < -0.4 is 0 Å². The van der Waals surface area contributed by atoms with Crippen molar-refractivity contribution in [3.8, 4) is 77.9 Å². The lowest BCUT2D eigenvalue weighted by molar-refractivity contribution is 0.498. The highest BCUT2D eigenvalue weighted by molar-refractivity contribution is 6.26. The first kappa shape index (κ1) is 49.5. The van der Waals surface area contributed by atoms with E-state index in [4.69, 9.17) is 0 Å². The van der Waals surface area contributed by atoms with Crippen LogP contribution in [0.3, 0.4) is 0 Å². The fraction of sp³-hybridized carbons (Fsp3) is 0.185. The molecule has 0 radical (unpaired) electrons. The summed E-state index contributed by atoms with van der Waals surface area (Å²) in [5, 5.41) is 10.9. The molecule has 3 aliphatic carbocycles. The molecular formula is C81H68. The zero-order valence-electron chi connectivity index (χ0n) is 48.5. The maximum Gasteiger partial charge on any atom is 0.0159 e. The van der Waals surface area contributed by atoms with Crippen LogP contribution in [0.1, 0.15) is 106 Å². The van der Waals surface area contributed by atoms with Crippen molar-refractivity contribution in [2.45, 2.75) is 92.9 Å². The zero-order chi connectivity index (χ0) is 55.4. The first-order valence-corrected chi connectivity index (χ1v) is 29.4. The van der Waals surface area contributed by atoms with Gasteiger partial charge in [-0.1, -0.05) is 255 Å². The minimum Gasteiger partial charge on any atom is -0.0759 e. The van der Waals surface area contributed by atoms with E-state index in [0.717, 1.165) is 12.8 Å². The van der Waals surface area contributed by atoms with Gasteiger partial charge in [-0.3, -0.25) is 0 Å². The summed E-state index contributed by atoms with van der Waals surface area (Å²) in [7, 11) is 0. The molecule has 12 aromatic rings. The third kappa shape index (κ3) is 7.85. The van der Waals surface area contributed by atoms with Crippen LogP contribution in [0.5, 0.6) is 0 Å². The second-order valence-electron chi connectivity index (χ2n) is 26.5. The van der Waals surface area contributed by atoms with E-state index >= 15 is 0 Å². The number of hydrogen-bond donors (Lipinski definition) is 0. The van der Waals surface area contributed by atoms with E-state index in [1.165, 1.54) is 177 Å². The van der Waals surface area contributed by atoms with Gasteiger partial charge in [0.15, 0.2) is 0 Å². The van der Waals surface area contributed by atoms with Gasteiger partial charge in [0, 0.05) is 5.41 Å². The summed E-state index contributed by atoms with van der Waals surface area (Å²) in [6.07, 6.45) is 7.04. The molecule has 392 valence electrons. The first-order valence-electron chi connectivity index (χ1n) is 29.4. The molecule has 0 aromatic heterocycles. The summed E-state index contributed by atoms with van der Waals surface area (Å²) < 4.78 is 0. The lowest BCUT2D eigenvalue weighted by Crippen LogP contribution is -2.15. The lowest BCUT2D eigenvalue weighted by Gasteiger charge is -2.32. The van der Waals surface area contributed by atoms with Crippen LogP contribution in [0.2, 0.25) is 0 Å². The Morgan fingerprint density at radius 3 is 1.30 bits per heavy atom. The monoisotopic (exact) mass is 1040 g/mol. The predicted octanol–water partition coefficient (Wildman–Crippen LogP) is 22.7. The summed E-state index contributed by atoms with van der Waals surface area (Å²) in [5.41, 5.74) is 32.1. The normalized spacial score (nSPS) is 14.4. The molecule has 15 rings (SSSR count). The molecule has 0 fully saturated rings. The van der Waals surface area contributed by atoms with Crippen molar-refractivity contribution in [2.75, 3.05) is 0 Å². The molecule has 0 N–H and O–H groups in total. The summed E-state index contributed by atoms with van der Waals surface area (Å²) in [4.78, 5) is 0. The van der Waals surface area contributed by atoms with E-state index < -0.39 is 0 Å². The predicted molar refractivity (Wildman–Crippen MR) is 350 cm³/mol. The van der Waals surface area contributed by atoms with Crippen molar-refractivity contribution in [3.05, 3.63) is 250 Å². The maximum absolute atomic E-state index is 2.51. The average molecular weight is 1040 g/mol.